The van der Waals surface area contributed by atoms with E-state index >= 15 is 0 Å². The minimum atomic E-state index is -0.348. The molecule has 0 aromatic heterocycles. The summed E-state index contributed by atoms with van der Waals surface area (Å²) < 4.78 is 6.45. The van der Waals surface area contributed by atoms with Gasteiger partial charge in [-0.3, -0.25) is 9.59 Å². The Kier molecular flexibility index (Phi) is 7.41. The van der Waals surface area contributed by atoms with E-state index in [2.05, 4.69) is 26.6 Å². The van der Waals surface area contributed by atoms with Gasteiger partial charge in [0.1, 0.15) is 5.75 Å². The fourth-order valence-corrected chi connectivity index (χ4v) is 2.73. The van der Waals surface area contributed by atoms with Crippen LogP contribution in [-0.2, 0) is 9.59 Å². The summed E-state index contributed by atoms with van der Waals surface area (Å²) in [5, 5.41) is 5.34. The van der Waals surface area contributed by atoms with Crippen molar-refractivity contribution >= 4 is 39.5 Å². The number of hydrogen-bond acceptors (Lipinski definition) is 3. The normalized spacial score (nSPS) is 10.6. The first kappa shape index (κ1) is 19.7. The van der Waals surface area contributed by atoms with Crippen LogP contribution in [0.2, 0.25) is 0 Å². The number of aryl methyl sites for hydroxylation is 1. The van der Waals surface area contributed by atoms with Crippen molar-refractivity contribution in [2.45, 2.75) is 13.8 Å². The molecule has 6 heteroatoms. The van der Waals surface area contributed by atoms with Crippen LogP contribution in [0.3, 0.4) is 0 Å². The predicted octanol–water partition coefficient (Wildman–Crippen LogP) is 3.92. The number of halogens is 1. The van der Waals surface area contributed by atoms with Crippen molar-refractivity contribution in [3.8, 4) is 5.75 Å². The molecule has 0 fully saturated rings. The number of amides is 2. The van der Waals surface area contributed by atoms with Crippen LogP contribution in [0, 0.1) is 6.92 Å². The lowest BCUT2D eigenvalue weighted by Gasteiger charge is -2.09. The first-order valence-corrected chi connectivity index (χ1v) is 9.02. The molecule has 0 spiro atoms. The van der Waals surface area contributed by atoms with E-state index in [0.29, 0.717) is 18.0 Å². The first-order chi connectivity index (χ1) is 12.5. The number of ether oxygens (including phenoxy) is 1. The number of nitrogens with one attached hydrogen (secondary N) is 2. The van der Waals surface area contributed by atoms with Gasteiger partial charge < -0.3 is 15.4 Å². The standard InChI is InChI=1S/C20H21BrN2O3/c1-3-26-18-7-5-4-6-15(18)8-11-19(24)22-13-20(25)23-17-10-9-16(21)12-14(17)2/h4-12H,3,13H2,1-2H3,(H,22,24)(H,23,25)/b11-8+. The monoisotopic (exact) mass is 416 g/mol. The van der Waals surface area contributed by atoms with Gasteiger partial charge in [0.15, 0.2) is 0 Å². The van der Waals surface area contributed by atoms with Gasteiger partial charge in [-0.1, -0.05) is 34.1 Å². The molecule has 0 radical (unpaired) electrons. The fourth-order valence-electron chi connectivity index (χ4n) is 2.26. The zero-order valence-corrected chi connectivity index (χ0v) is 16.3. The molecule has 0 heterocycles. The van der Waals surface area contributed by atoms with Gasteiger partial charge in [-0.2, -0.15) is 0 Å². The molecule has 0 saturated carbocycles. The third-order valence-corrected chi connectivity index (χ3v) is 4.01. The average Bonchev–Trinajstić information content (AvgIpc) is 2.62. The van der Waals surface area contributed by atoms with Crippen LogP contribution in [0.5, 0.6) is 5.75 Å². The van der Waals surface area contributed by atoms with Gasteiger partial charge >= 0.3 is 0 Å². The molecular formula is C20H21BrN2O3. The number of carbonyl (C=O) groups is 2. The Morgan fingerprint density at radius 1 is 1.19 bits per heavy atom. The quantitative estimate of drug-likeness (QED) is 0.671. The lowest BCUT2D eigenvalue weighted by molar-refractivity contribution is -0.121. The summed E-state index contributed by atoms with van der Waals surface area (Å²) in [6.45, 7) is 4.24. The summed E-state index contributed by atoms with van der Waals surface area (Å²) in [7, 11) is 0. The number of hydrogen-bond donors (Lipinski definition) is 2. The highest BCUT2D eigenvalue weighted by molar-refractivity contribution is 9.10. The molecule has 0 aliphatic heterocycles. The van der Waals surface area contributed by atoms with E-state index < -0.39 is 0 Å². The molecule has 2 aromatic carbocycles. The minimum absolute atomic E-state index is 0.105. The van der Waals surface area contributed by atoms with Crippen molar-refractivity contribution in [1.82, 2.24) is 5.32 Å². The van der Waals surface area contributed by atoms with E-state index in [0.717, 1.165) is 15.6 Å². The van der Waals surface area contributed by atoms with E-state index in [4.69, 9.17) is 4.74 Å². The number of para-hydroxylation sites is 1. The molecule has 0 unspecified atom stereocenters. The molecule has 136 valence electrons. The van der Waals surface area contributed by atoms with Gasteiger partial charge in [0.05, 0.1) is 13.2 Å². The molecule has 2 rings (SSSR count). The maximum Gasteiger partial charge on any atom is 0.244 e. The van der Waals surface area contributed by atoms with Crippen LogP contribution >= 0.6 is 15.9 Å². The Morgan fingerprint density at radius 3 is 2.69 bits per heavy atom. The van der Waals surface area contributed by atoms with E-state index in [-0.39, 0.29) is 18.4 Å². The third kappa shape index (κ3) is 6.04. The Morgan fingerprint density at radius 2 is 1.96 bits per heavy atom. The van der Waals surface area contributed by atoms with Gasteiger partial charge in [0.2, 0.25) is 11.8 Å². The highest BCUT2D eigenvalue weighted by atomic mass is 79.9. The van der Waals surface area contributed by atoms with Gasteiger partial charge in [-0.15, -0.1) is 0 Å². The lowest BCUT2D eigenvalue weighted by Crippen LogP contribution is -2.31. The largest absolute Gasteiger partial charge is 0.493 e. The second-order valence-corrected chi connectivity index (χ2v) is 6.45. The molecule has 0 bridgehead atoms. The molecule has 0 atom stereocenters. The molecule has 0 saturated heterocycles. The number of rotatable bonds is 7. The van der Waals surface area contributed by atoms with E-state index in [1.165, 1.54) is 6.08 Å². The van der Waals surface area contributed by atoms with Crippen molar-refractivity contribution in [2.24, 2.45) is 0 Å². The van der Waals surface area contributed by atoms with Crippen molar-refractivity contribution in [3.05, 3.63) is 64.1 Å². The summed E-state index contributed by atoms with van der Waals surface area (Å²) in [6, 6.07) is 13.0. The summed E-state index contributed by atoms with van der Waals surface area (Å²) in [6.07, 6.45) is 3.05. The Bertz CT molecular complexity index is 818. The molecule has 2 amide bonds. The topological polar surface area (TPSA) is 67.4 Å². The Balaban J connectivity index is 1.87. The fraction of sp³-hybridized carbons (Fsp3) is 0.200. The second kappa shape index (κ2) is 9.77. The molecular weight excluding hydrogens is 396 g/mol. The third-order valence-electron chi connectivity index (χ3n) is 3.52. The van der Waals surface area contributed by atoms with Crippen molar-refractivity contribution < 1.29 is 14.3 Å². The number of anilines is 1. The summed E-state index contributed by atoms with van der Waals surface area (Å²) in [4.78, 5) is 23.9. The van der Waals surface area contributed by atoms with Crippen LogP contribution in [0.25, 0.3) is 6.08 Å². The summed E-state index contributed by atoms with van der Waals surface area (Å²) in [5.74, 6) is 0.0772. The highest BCUT2D eigenvalue weighted by Crippen LogP contribution is 2.20. The van der Waals surface area contributed by atoms with Crippen LogP contribution in [0.4, 0.5) is 5.69 Å². The molecule has 2 aromatic rings. The number of carbonyl (C=O) groups excluding carboxylic acids is 2. The molecule has 0 aliphatic carbocycles. The summed E-state index contributed by atoms with van der Waals surface area (Å²) in [5.41, 5.74) is 2.46. The van der Waals surface area contributed by atoms with Crippen LogP contribution < -0.4 is 15.4 Å². The summed E-state index contributed by atoms with van der Waals surface area (Å²) >= 11 is 3.38. The van der Waals surface area contributed by atoms with Gasteiger partial charge in [-0.25, -0.2) is 0 Å². The lowest BCUT2D eigenvalue weighted by atomic mass is 10.2. The van der Waals surface area contributed by atoms with Crippen molar-refractivity contribution in [1.29, 1.82) is 0 Å². The zero-order valence-electron chi connectivity index (χ0n) is 14.7. The Hall–Kier alpha value is -2.60. The maximum absolute atomic E-state index is 12.0. The molecule has 2 N–H and O–H groups in total. The van der Waals surface area contributed by atoms with E-state index in [1.54, 1.807) is 6.08 Å². The van der Waals surface area contributed by atoms with Crippen LogP contribution in [-0.4, -0.2) is 25.0 Å². The second-order valence-electron chi connectivity index (χ2n) is 5.53. The first-order valence-electron chi connectivity index (χ1n) is 8.23. The van der Waals surface area contributed by atoms with Crippen LogP contribution in [0.15, 0.2) is 53.0 Å². The predicted molar refractivity (Wildman–Crippen MR) is 107 cm³/mol. The van der Waals surface area contributed by atoms with Crippen LogP contribution in [0.1, 0.15) is 18.1 Å². The van der Waals surface area contributed by atoms with E-state index in [9.17, 15) is 9.59 Å². The van der Waals surface area contributed by atoms with Gasteiger partial charge in [0, 0.05) is 21.8 Å². The minimum Gasteiger partial charge on any atom is -0.493 e. The maximum atomic E-state index is 12.0. The Labute approximate surface area is 161 Å². The molecule has 0 aliphatic rings. The smallest absolute Gasteiger partial charge is 0.244 e. The molecule has 5 nitrogen and oxygen atoms in total. The highest BCUT2D eigenvalue weighted by Gasteiger charge is 2.06. The average molecular weight is 417 g/mol. The van der Waals surface area contributed by atoms with Gasteiger partial charge in [-0.05, 0) is 49.8 Å². The van der Waals surface area contributed by atoms with E-state index in [1.807, 2.05) is 56.3 Å². The van der Waals surface area contributed by atoms with Crippen molar-refractivity contribution in [2.75, 3.05) is 18.5 Å². The number of benzene rings is 2. The van der Waals surface area contributed by atoms with Crippen molar-refractivity contribution in [3.63, 3.8) is 0 Å². The molecule has 26 heavy (non-hydrogen) atoms. The van der Waals surface area contributed by atoms with Gasteiger partial charge in [0.25, 0.3) is 0 Å². The SMILES string of the molecule is CCOc1ccccc1/C=C/C(=O)NCC(=O)Nc1ccc(Br)cc1C. The zero-order chi connectivity index (χ0) is 18.9.